The van der Waals surface area contributed by atoms with Crippen molar-refractivity contribution in [2.45, 2.75) is 25.7 Å². The molecule has 1 aliphatic carbocycles. The van der Waals surface area contributed by atoms with Crippen LogP contribution in [0.1, 0.15) is 24.1 Å². The Kier molecular flexibility index (Phi) is 7.23. The van der Waals surface area contributed by atoms with Crippen molar-refractivity contribution in [1.82, 2.24) is 4.98 Å². The second-order valence-corrected chi connectivity index (χ2v) is 8.83. The molecular formula is C28H25ClN2O7. The molecule has 5 aromatic rings. The number of para-hydroxylation sites is 1. The van der Waals surface area contributed by atoms with Gasteiger partial charge in [0.1, 0.15) is 22.5 Å². The maximum absolute atomic E-state index is 12.1. The molecule has 38 heavy (non-hydrogen) atoms. The Morgan fingerprint density at radius 3 is 2.34 bits per heavy atom. The van der Waals surface area contributed by atoms with Crippen LogP contribution in [0.2, 0.25) is 0 Å². The number of anilines is 1. The highest BCUT2D eigenvalue weighted by atomic mass is 35.5. The smallest absolute Gasteiger partial charge is 0.238 e. The van der Waals surface area contributed by atoms with E-state index in [2.05, 4.69) is 6.07 Å². The number of phenolic OH excluding ortho intramolecular Hbond substituents is 4. The number of aromatic nitrogens is 1. The normalized spacial score (nSPS) is 12.3. The second kappa shape index (κ2) is 10.4. The van der Waals surface area contributed by atoms with Crippen molar-refractivity contribution in [1.29, 1.82) is 0 Å². The number of nitrogen functional groups attached to an aromatic ring is 1. The zero-order valence-electron chi connectivity index (χ0n) is 20.0. The largest absolute Gasteiger partial charge is 0.508 e. The number of fused-ring (bicyclic) bond motifs is 3. The van der Waals surface area contributed by atoms with E-state index >= 15 is 0 Å². The van der Waals surface area contributed by atoms with Gasteiger partial charge < -0.3 is 35.7 Å². The van der Waals surface area contributed by atoms with Gasteiger partial charge in [0.05, 0.1) is 5.52 Å². The maximum Gasteiger partial charge on any atom is 0.238 e. The molecule has 10 heteroatoms. The van der Waals surface area contributed by atoms with Gasteiger partial charge >= 0.3 is 0 Å². The van der Waals surface area contributed by atoms with E-state index in [1.807, 2.05) is 18.2 Å². The van der Waals surface area contributed by atoms with E-state index in [0.717, 1.165) is 53.7 Å². The van der Waals surface area contributed by atoms with Crippen LogP contribution in [0.4, 0.5) is 5.69 Å². The van der Waals surface area contributed by atoms with E-state index in [9.17, 15) is 30.3 Å². The molecule has 0 atom stereocenters. The molecule has 196 valence electrons. The standard InChI is InChI=1S/C15H10O7.C13H14N2.ClH/c16-7-4-10(19)12-11(5-7)22-15(14(21)13(12)20)6-1-2-8(17)9(18)3-6;14-13-9-5-1-3-7-11(9)15-12-8-4-2-6-10(12)13;/h1-5,16-19,21H;1,3,5,7H,2,4,6,8H2,(H2,14,15);1H. The lowest BCUT2D eigenvalue weighted by Crippen LogP contribution is -2.09. The van der Waals surface area contributed by atoms with Crippen molar-refractivity contribution in [2.75, 3.05) is 5.73 Å². The van der Waals surface area contributed by atoms with Crippen LogP contribution in [-0.4, -0.2) is 30.5 Å². The van der Waals surface area contributed by atoms with Crippen molar-refractivity contribution >= 4 is 40.0 Å². The number of phenols is 4. The summed E-state index contributed by atoms with van der Waals surface area (Å²) in [5.74, 6) is -2.71. The second-order valence-electron chi connectivity index (χ2n) is 8.83. The fourth-order valence-corrected chi connectivity index (χ4v) is 4.55. The Hall–Kier alpha value is -4.63. The van der Waals surface area contributed by atoms with E-state index in [0.29, 0.717) is 0 Å². The molecule has 2 aromatic heterocycles. The zero-order chi connectivity index (χ0) is 26.3. The van der Waals surface area contributed by atoms with Crippen molar-refractivity contribution in [3.05, 3.63) is 76.1 Å². The minimum absolute atomic E-state index is 0. The highest BCUT2D eigenvalue weighted by Crippen LogP contribution is 2.37. The summed E-state index contributed by atoms with van der Waals surface area (Å²) >= 11 is 0. The monoisotopic (exact) mass is 536 g/mol. The SMILES string of the molecule is Cl.Nc1c2c(nc3ccccc13)CCCC2.O=c1c(O)c(-c2ccc(O)c(O)c2)oc2cc(O)cc(O)c12. The van der Waals surface area contributed by atoms with Crippen LogP contribution in [0.5, 0.6) is 28.7 Å². The van der Waals surface area contributed by atoms with Gasteiger partial charge in [-0.2, -0.15) is 0 Å². The Labute approximate surface area is 222 Å². The maximum atomic E-state index is 12.1. The molecular weight excluding hydrogens is 512 g/mol. The fourth-order valence-electron chi connectivity index (χ4n) is 4.55. The Balaban J connectivity index is 0.000000184. The van der Waals surface area contributed by atoms with Gasteiger partial charge in [-0.25, -0.2) is 0 Å². The third-order valence-corrected chi connectivity index (χ3v) is 6.39. The topological polar surface area (TPSA) is 170 Å². The third-order valence-electron chi connectivity index (χ3n) is 6.39. The molecule has 7 N–H and O–H groups in total. The summed E-state index contributed by atoms with van der Waals surface area (Å²) in [6.45, 7) is 0. The van der Waals surface area contributed by atoms with Crippen LogP contribution < -0.4 is 11.2 Å². The van der Waals surface area contributed by atoms with Crippen molar-refractivity contribution in [3.8, 4) is 40.1 Å². The van der Waals surface area contributed by atoms with Crippen LogP contribution in [-0.2, 0) is 12.8 Å². The number of aryl methyl sites for hydroxylation is 1. The van der Waals surface area contributed by atoms with Gasteiger partial charge in [0, 0.05) is 34.5 Å². The summed E-state index contributed by atoms with van der Waals surface area (Å²) in [6.07, 6.45) is 4.68. The molecule has 0 saturated heterocycles. The Bertz CT molecular complexity index is 1730. The van der Waals surface area contributed by atoms with Crippen molar-refractivity contribution in [3.63, 3.8) is 0 Å². The average Bonchev–Trinajstić information content (AvgIpc) is 2.88. The first-order valence-corrected chi connectivity index (χ1v) is 11.6. The first-order chi connectivity index (χ1) is 17.7. The summed E-state index contributed by atoms with van der Waals surface area (Å²) in [7, 11) is 0. The number of halogens is 1. The number of nitrogens with two attached hydrogens (primary N) is 1. The lowest BCUT2D eigenvalue weighted by atomic mass is 9.93. The van der Waals surface area contributed by atoms with E-state index < -0.39 is 22.7 Å². The molecule has 0 bridgehead atoms. The molecule has 6 rings (SSSR count). The van der Waals surface area contributed by atoms with Gasteiger partial charge in [-0.05, 0) is 55.5 Å². The number of hydrogen-bond donors (Lipinski definition) is 6. The van der Waals surface area contributed by atoms with Crippen LogP contribution in [0.15, 0.2) is 63.8 Å². The molecule has 0 amide bonds. The molecule has 0 spiro atoms. The number of benzene rings is 3. The molecule has 0 aliphatic heterocycles. The minimum atomic E-state index is -0.888. The number of hydrogen-bond acceptors (Lipinski definition) is 9. The molecule has 0 unspecified atom stereocenters. The summed E-state index contributed by atoms with van der Waals surface area (Å²) in [5, 5.41) is 48.7. The predicted octanol–water partition coefficient (Wildman–Crippen LogP) is 5.11. The lowest BCUT2D eigenvalue weighted by Gasteiger charge is -2.18. The first kappa shape index (κ1) is 26.4. The van der Waals surface area contributed by atoms with E-state index in [1.165, 1.54) is 30.2 Å². The van der Waals surface area contributed by atoms with Crippen LogP contribution in [0, 0.1) is 0 Å². The van der Waals surface area contributed by atoms with E-state index in [4.69, 9.17) is 15.1 Å². The highest BCUT2D eigenvalue weighted by Gasteiger charge is 2.19. The molecule has 1 aliphatic rings. The third kappa shape index (κ3) is 4.71. The lowest BCUT2D eigenvalue weighted by molar-refractivity contribution is 0.403. The summed E-state index contributed by atoms with van der Waals surface area (Å²) in [6, 6.07) is 13.8. The number of pyridine rings is 1. The van der Waals surface area contributed by atoms with Crippen LogP contribution in [0.3, 0.4) is 0 Å². The van der Waals surface area contributed by atoms with Crippen LogP contribution >= 0.6 is 12.4 Å². The van der Waals surface area contributed by atoms with Crippen LogP contribution in [0.25, 0.3) is 33.2 Å². The molecule has 3 aromatic carbocycles. The molecule has 0 radical (unpaired) electrons. The van der Waals surface area contributed by atoms with Gasteiger partial charge in [0.25, 0.3) is 0 Å². The van der Waals surface area contributed by atoms with Gasteiger partial charge in [-0.1, -0.05) is 18.2 Å². The van der Waals surface area contributed by atoms with E-state index in [-0.39, 0.29) is 46.2 Å². The number of aromatic hydroxyl groups is 5. The summed E-state index contributed by atoms with van der Waals surface area (Å²) in [4.78, 5) is 16.8. The van der Waals surface area contributed by atoms with E-state index in [1.54, 1.807) is 0 Å². The number of nitrogens with zero attached hydrogens (tertiary/aromatic N) is 1. The van der Waals surface area contributed by atoms with Gasteiger partial charge in [0.15, 0.2) is 17.3 Å². The van der Waals surface area contributed by atoms with Gasteiger partial charge in [0.2, 0.25) is 11.2 Å². The summed E-state index contributed by atoms with van der Waals surface area (Å²) < 4.78 is 5.35. The molecule has 0 saturated carbocycles. The molecule has 0 fully saturated rings. The Morgan fingerprint density at radius 1 is 0.842 bits per heavy atom. The number of rotatable bonds is 1. The first-order valence-electron chi connectivity index (χ1n) is 11.6. The summed E-state index contributed by atoms with van der Waals surface area (Å²) in [5.41, 5.74) is 9.81. The Morgan fingerprint density at radius 2 is 1.58 bits per heavy atom. The fraction of sp³-hybridized carbons (Fsp3) is 0.143. The average molecular weight is 537 g/mol. The van der Waals surface area contributed by atoms with Crippen molar-refractivity contribution in [2.24, 2.45) is 0 Å². The highest BCUT2D eigenvalue weighted by molar-refractivity contribution is 5.92. The molecule has 9 nitrogen and oxygen atoms in total. The van der Waals surface area contributed by atoms with Gasteiger partial charge in [-0.15, -0.1) is 12.4 Å². The minimum Gasteiger partial charge on any atom is -0.508 e. The molecule has 2 heterocycles. The quantitative estimate of drug-likeness (QED) is 0.159. The van der Waals surface area contributed by atoms with Gasteiger partial charge in [-0.3, -0.25) is 9.78 Å². The zero-order valence-corrected chi connectivity index (χ0v) is 20.8. The predicted molar refractivity (Wildman–Crippen MR) is 146 cm³/mol. The van der Waals surface area contributed by atoms with Crippen molar-refractivity contribution < 1.29 is 29.9 Å².